The first-order chi connectivity index (χ1) is 15.7. The summed E-state index contributed by atoms with van der Waals surface area (Å²) in [5, 5.41) is 10.1. The summed E-state index contributed by atoms with van der Waals surface area (Å²) in [6.07, 6.45) is 2.54. The molecule has 0 unspecified atom stereocenters. The Balaban J connectivity index is 1.60. The number of para-hydroxylation sites is 1. The van der Waals surface area contributed by atoms with Crippen LogP contribution in [0.5, 0.6) is 0 Å². The van der Waals surface area contributed by atoms with Crippen LogP contribution in [0.2, 0.25) is 0 Å². The van der Waals surface area contributed by atoms with Crippen molar-refractivity contribution in [2.45, 2.75) is 6.42 Å². The van der Waals surface area contributed by atoms with Crippen molar-refractivity contribution >= 4 is 16.9 Å². The smallest absolute Gasteiger partial charge is 0.337 e. The molecule has 0 fully saturated rings. The summed E-state index contributed by atoms with van der Waals surface area (Å²) < 4.78 is 4.86. The third-order valence-electron chi connectivity index (χ3n) is 5.36. The fourth-order valence-corrected chi connectivity index (χ4v) is 3.79. The van der Waals surface area contributed by atoms with Crippen LogP contribution in [0, 0.1) is 0 Å². The molecular weight excluding hydrogens is 400 g/mol. The van der Waals surface area contributed by atoms with E-state index in [4.69, 9.17) is 9.72 Å². The first-order valence-electron chi connectivity index (χ1n) is 10.3. The van der Waals surface area contributed by atoms with Crippen molar-refractivity contribution in [3.8, 4) is 22.5 Å². The molecule has 0 aliphatic carbocycles. The lowest BCUT2D eigenvalue weighted by atomic mass is 10.0. The minimum Gasteiger partial charge on any atom is -0.465 e. The van der Waals surface area contributed by atoms with Crippen LogP contribution in [-0.4, -0.2) is 33.2 Å². The molecular formula is C26H20N4O2. The van der Waals surface area contributed by atoms with E-state index in [9.17, 15) is 4.79 Å². The van der Waals surface area contributed by atoms with Crippen molar-refractivity contribution in [2.75, 3.05) is 7.11 Å². The van der Waals surface area contributed by atoms with E-state index < -0.39 is 5.97 Å². The second-order valence-electron chi connectivity index (χ2n) is 7.40. The van der Waals surface area contributed by atoms with Gasteiger partial charge in [0.1, 0.15) is 11.4 Å². The number of esters is 1. The summed E-state index contributed by atoms with van der Waals surface area (Å²) >= 11 is 0. The number of methoxy groups -OCH3 is 1. The van der Waals surface area contributed by atoms with E-state index in [-0.39, 0.29) is 0 Å². The van der Waals surface area contributed by atoms with E-state index in [1.807, 2.05) is 60.8 Å². The van der Waals surface area contributed by atoms with Gasteiger partial charge in [-0.3, -0.25) is 0 Å². The Bertz CT molecular complexity index is 1410. The predicted octanol–water partition coefficient (Wildman–Crippen LogP) is 5.06. The Kier molecular flexibility index (Phi) is 5.17. The van der Waals surface area contributed by atoms with Gasteiger partial charge in [0.25, 0.3) is 0 Å². The molecule has 0 bridgehead atoms. The SMILES string of the molecule is COC(=O)c1cccc(-c2nnc(Cc3c[nH]c4ccccc34)nc2-c2ccccc2)c1. The molecule has 0 saturated carbocycles. The summed E-state index contributed by atoms with van der Waals surface area (Å²) in [4.78, 5) is 20.2. The molecule has 0 atom stereocenters. The second-order valence-corrected chi connectivity index (χ2v) is 7.40. The molecule has 0 radical (unpaired) electrons. The fraction of sp³-hybridized carbons (Fsp3) is 0.0769. The highest BCUT2D eigenvalue weighted by atomic mass is 16.5. The molecule has 0 spiro atoms. The van der Waals surface area contributed by atoms with E-state index in [1.54, 1.807) is 18.2 Å². The molecule has 2 heterocycles. The zero-order valence-corrected chi connectivity index (χ0v) is 17.4. The summed E-state index contributed by atoms with van der Waals surface area (Å²) in [5.74, 6) is 0.228. The Morgan fingerprint density at radius 3 is 2.50 bits per heavy atom. The third-order valence-corrected chi connectivity index (χ3v) is 5.36. The van der Waals surface area contributed by atoms with Gasteiger partial charge < -0.3 is 9.72 Å². The molecule has 0 aliphatic rings. The molecule has 5 rings (SSSR count). The van der Waals surface area contributed by atoms with Crippen molar-refractivity contribution < 1.29 is 9.53 Å². The Labute approximate surface area is 184 Å². The summed E-state index contributed by atoms with van der Waals surface area (Å²) in [7, 11) is 1.37. The lowest BCUT2D eigenvalue weighted by Gasteiger charge is -2.10. The maximum Gasteiger partial charge on any atom is 0.337 e. The topological polar surface area (TPSA) is 80.8 Å². The quantitative estimate of drug-likeness (QED) is 0.402. The van der Waals surface area contributed by atoms with E-state index in [0.29, 0.717) is 23.5 Å². The van der Waals surface area contributed by atoms with Gasteiger partial charge in [0.2, 0.25) is 0 Å². The van der Waals surface area contributed by atoms with Gasteiger partial charge in [-0.1, -0.05) is 60.7 Å². The number of ether oxygens (including phenoxy) is 1. The number of hydrogen-bond acceptors (Lipinski definition) is 5. The second kappa shape index (κ2) is 8.43. The molecule has 0 aliphatic heterocycles. The van der Waals surface area contributed by atoms with E-state index in [2.05, 4.69) is 21.2 Å². The fourth-order valence-electron chi connectivity index (χ4n) is 3.79. The highest BCUT2D eigenvalue weighted by molar-refractivity contribution is 5.91. The summed E-state index contributed by atoms with van der Waals surface area (Å²) in [6, 6.07) is 25.2. The molecule has 32 heavy (non-hydrogen) atoms. The summed E-state index contributed by atoms with van der Waals surface area (Å²) in [6.45, 7) is 0. The number of aromatic amines is 1. The largest absolute Gasteiger partial charge is 0.465 e. The Morgan fingerprint density at radius 2 is 1.66 bits per heavy atom. The minimum absolute atomic E-state index is 0.398. The van der Waals surface area contributed by atoms with Gasteiger partial charge in [-0.25, -0.2) is 9.78 Å². The average molecular weight is 420 g/mol. The maximum absolute atomic E-state index is 12.0. The molecule has 5 aromatic rings. The molecule has 0 saturated heterocycles. The van der Waals surface area contributed by atoms with Crippen LogP contribution in [-0.2, 0) is 11.2 Å². The van der Waals surface area contributed by atoms with Crippen LogP contribution in [0.4, 0.5) is 0 Å². The van der Waals surface area contributed by atoms with Gasteiger partial charge in [0.15, 0.2) is 5.82 Å². The number of rotatable bonds is 5. The number of H-pyrrole nitrogens is 1. The van der Waals surface area contributed by atoms with Crippen molar-refractivity contribution in [1.29, 1.82) is 0 Å². The van der Waals surface area contributed by atoms with Crippen LogP contribution < -0.4 is 0 Å². The van der Waals surface area contributed by atoms with Crippen molar-refractivity contribution in [2.24, 2.45) is 0 Å². The first-order valence-corrected chi connectivity index (χ1v) is 10.3. The molecule has 0 amide bonds. The zero-order chi connectivity index (χ0) is 21.9. The third kappa shape index (κ3) is 3.74. The molecule has 3 aromatic carbocycles. The van der Waals surface area contributed by atoms with Crippen molar-refractivity contribution in [1.82, 2.24) is 20.2 Å². The Hall–Kier alpha value is -4.32. The van der Waals surface area contributed by atoms with Crippen molar-refractivity contribution in [3.63, 3.8) is 0 Å². The number of nitrogens with one attached hydrogen (secondary N) is 1. The normalized spacial score (nSPS) is 10.9. The lowest BCUT2D eigenvalue weighted by Crippen LogP contribution is -2.05. The van der Waals surface area contributed by atoms with Gasteiger partial charge in [0.05, 0.1) is 12.7 Å². The van der Waals surface area contributed by atoms with Gasteiger partial charge in [-0.2, -0.15) is 0 Å². The highest BCUT2D eigenvalue weighted by Crippen LogP contribution is 2.29. The van der Waals surface area contributed by atoms with E-state index >= 15 is 0 Å². The standard InChI is InChI=1S/C26H20N4O2/c1-32-26(31)19-11-7-10-18(14-19)25-24(17-8-3-2-4-9-17)28-23(29-30-25)15-20-16-27-22-13-6-5-12-21(20)22/h2-14,16,27H,15H2,1H3. The minimum atomic E-state index is -0.398. The van der Waals surface area contributed by atoms with Gasteiger partial charge in [-0.05, 0) is 23.8 Å². The van der Waals surface area contributed by atoms with Crippen LogP contribution in [0.3, 0.4) is 0 Å². The number of carbonyl (C=O) groups is 1. The van der Waals surface area contributed by atoms with Crippen LogP contribution in [0.15, 0.2) is 85.1 Å². The number of aromatic nitrogens is 4. The van der Waals surface area contributed by atoms with E-state index in [1.165, 1.54) is 7.11 Å². The number of benzene rings is 3. The van der Waals surface area contributed by atoms with E-state index in [0.717, 1.165) is 33.3 Å². The van der Waals surface area contributed by atoms with Crippen LogP contribution in [0.25, 0.3) is 33.4 Å². The molecule has 6 nitrogen and oxygen atoms in total. The van der Waals surface area contributed by atoms with Crippen LogP contribution >= 0.6 is 0 Å². The lowest BCUT2D eigenvalue weighted by molar-refractivity contribution is 0.0601. The van der Waals surface area contributed by atoms with Crippen LogP contribution in [0.1, 0.15) is 21.7 Å². The monoisotopic (exact) mass is 420 g/mol. The van der Waals surface area contributed by atoms with Gasteiger partial charge >= 0.3 is 5.97 Å². The number of nitrogens with zero attached hydrogens (tertiary/aromatic N) is 3. The number of hydrogen-bond donors (Lipinski definition) is 1. The average Bonchev–Trinajstić information content (AvgIpc) is 3.27. The number of carbonyl (C=O) groups excluding carboxylic acids is 1. The zero-order valence-electron chi connectivity index (χ0n) is 17.4. The molecule has 1 N–H and O–H groups in total. The van der Waals surface area contributed by atoms with Crippen molar-refractivity contribution in [3.05, 3.63) is 102 Å². The van der Waals surface area contributed by atoms with Gasteiger partial charge in [0, 0.05) is 34.6 Å². The molecule has 6 heteroatoms. The first kappa shape index (κ1) is 19.6. The molecule has 2 aromatic heterocycles. The predicted molar refractivity (Wildman–Crippen MR) is 123 cm³/mol. The maximum atomic E-state index is 12.0. The number of fused-ring (bicyclic) bond motifs is 1. The summed E-state index contributed by atoms with van der Waals surface area (Å²) in [5.41, 5.74) is 5.67. The Morgan fingerprint density at radius 1 is 0.875 bits per heavy atom. The highest BCUT2D eigenvalue weighted by Gasteiger charge is 2.16. The molecule has 156 valence electrons. The van der Waals surface area contributed by atoms with Gasteiger partial charge in [-0.15, -0.1) is 10.2 Å².